The van der Waals surface area contributed by atoms with Crippen molar-refractivity contribution < 1.29 is 10.2 Å². The molecule has 0 aromatic heterocycles. The average molecular weight is 223 g/mol. The summed E-state index contributed by atoms with van der Waals surface area (Å²) in [5.41, 5.74) is 1.11. The largest absolute Gasteiger partial charge is 0.508 e. The van der Waals surface area contributed by atoms with Gasteiger partial charge in [0.1, 0.15) is 11.5 Å². The van der Waals surface area contributed by atoms with Crippen LogP contribution in [0.15, 0.2) is 18.2 Å². The van der Waals surface area contributed by atoms with Gasteiger partial charge in [0, 0.05) is 18.7 Å². The van der Waals surface area contributed by atoms with E-state index in [-0.39, 0.29) is 23.0 Å². The van der Waals surface area contributed by atoms with E-state index in [1.807, 2.05) is 6.92 Å². The maximum absolute atomic E-state index is 9.38. The smallest absolute Gasteiger partial charge is 0.119 e. The third kappa shape index (κ3) is 4.11. The van der Waals surface area contributed by atoms with Crippen molar-refractivity contribution in [2.24, 2.45) is 5.41 Å². The zero-order valence-corrected chi connectivity index (χ0v) is 10.4. The van der Waals surface area contributed by atoms with E-state index in [1.54, 1.807) is 12.1 Å². The Morgan fingerprint density at radius 3 is 2.06 bits per heavy atom. The number of rotatable bonds is 3. The molecule has 0 radical (unpaired) electrons. The molecule has 0 saturated carbocycles. The fourth-order valence-corrected chi connectivity index (χ4v) is 1.45. The maximum atomic E-state index is 9.38. The Morgan fingerprint density at radius 2 is 1.62 bits per heavy atom. The Kier molecular flexibility index (Phi) is 3.81. The molecule has 0 aliphatic heterocycles. The fourth-order valence-electron chi connectivity index (χ4n) is 1.45. The summed E-state index contributed by atoms with van der Waals surface area (Å²) in [6.07, 6.45) is 0. The van der Waals surface area contributed by atoms with Crippen LogP contribution in [0.1, 0.15) is 39.3 Å². The van der Waals surface area contributed by atoms with Crippen molar-refractivity contribution in [1.82, 2.24) is 5.32 Å². The first-order chi connectivity index (χ1) is 7.28. The molecule has 1 aromatic rings. The number of hydrogen-bond donors (Lipinski definition) is 3. The third-order valence-electron chi connectivity index (χ3n) is 2.36. The van der Waals surface area contributed by atoms with E-state index in [0.717, 1.165) is 12.1 Å². The van der Waals surface area contributed by atoms with Crippen LogP contribution in [-0.2, 0) is 0 Å². The van der Waals surface area contributed by atoms with Gasteiger partial charge in [0.15, 0.2) is 0 Å². The zero-order valence-electron chi connectivity index (χ0n) is 10.4. The van der Waals surface area contributed by atoms with Gasteiger partial charge in [-0.15, -0.1) is 0 Å². The summed E-state index contributed by atoms with van der Waals surface area (Å²) in [5.74, 6) is 0.193. The Balaban J connectivity index is 2.69. The predicted molar refractivity (Wildman–Crippen MR) is 65.6 cm³/mol. The number of phenolic OH excluding ortho intramolecular Hbond substituents is 2. The molecular formula is C13H21NO2. The molecule has 1 aromatic carbocycles. The van der Waals surface area contributed by atoms with Crippen molar-refractivity contribution >= 4 is 0 Å². The van der Waals surface area contributed by atoms with E-state index >= 15 is 0 Å². The van der Waals surface area contributed by atoms with Crippen molar-refractivity contribution in [1.29, 1.82) is 0 Å². The highest BCUT2D eigenvalue weighted by Gasteiger charge is 2.13. The second kappa shape index (κ2) is 4.74. The molecule has 1 unspecified atom stereocenters. The molecule has 1 rings (SSSR count). The molecule has 0 amide bonds. The lowest BCUT2D eigenvalue weighted by Crippen LogP contribution is -2.29. The molecule has 0 fully saturated rings. The molecule has 3 heteroatoms. The topological polar surface area (TPSA) is 52.5 Å². The summed E-state index contributed by atoms with van der Waals surface area (Å²) >= 11 is 0. The normalized spacial score (nSPS) is 13.8. The van der Waals surface area contributed by atoms with Gasteiger partial charge in [-0.2, -0.15) is 0 Å². The first-order valence-corrected chi connectivity index (χ1v) is 5.54. The lowest BCUT2D eigenvalue weighted by Gasteiger charge is -2.23. The highest BCUT2D eigenvalue weighted by Crippen LogP contribution is 2.25. The number of nitrogens with one attached hydrogen (secondary N) is 1. The average Bonchev–Trinajstić information content (AvgIpc) is 2.11. The second-order valence-electron chi connectivity index (χ2n) is 5.45. The molecule has 0 saturated heterocycles. The molecule has 3 N–H and O–H groups in total. The summed E-state index contributed by atoms with van der Waals surface area (Å²) in [4.78, 5) is 0. The summed E-state index contributed by atoms with van der Waals surface area (Å²) in [5, 5.41) is 22.1. The van der Waals surface area contributed by atoms with Crippen LogP contribution in [0.5, 0.6) is 11.5 Å². The Hall–Kier alpha value is -1.22. The van der Waals surface area contributed by atoms with Crippen molar-refractivity contribution in [2.75, 3.05) is 6.54 Å². The van der Waals surface area contributed by atoms with Crippen molar-refractivity contribution in [2.45, 2.75) is 33.7 Å². The minimum atomic E-state index is 0.0967. The molecule has 3 nitrogen and oxygen atoms in total. The second-order valence-corrected chi connectivity index (χ2v) is 5.45. The SMILES string of the molecule is CC(NCC(C)(C)C)c1cc(O)cc(O)c1. The number of aromatic hydroxyl groups is 2. The zero-order chi connectivity index (χ0) is 12.3. The highest BCUT2D eigenvalue weighted by atomic mass is 16.3. The first-order valence-electron chi connectivity index (χ1n) is 5.54. The lowest BCUT2D eigenvalue weighted by molar-refractivity contribution is 0.358. The molecule has 1 atom stereocenters. The van der Waals surface area contributed by atoms with Gasteiger partial charge in [-0.1, -0.05) is 20.8 Å². The lowest BCUT2D eigenvalue weighted by atomic mass is 9.96. The van der Waals surface area contributed by atoms with Crippen LogP contribution in [0.3, 0.4) is 0 Å². The van der Waals surface area contributed by atoms with Crippen LogP contribution >= 0.6 is 0 Å². The van der Waals surface area contributed by atoms with Crippen molar-refractivity contribution in [3.8, 4) is 11.5 Å². The standard InChI is InChI=1S/C13H21NO2/c1-9(14-8-13(2,3)4)10-5-11(15)7-12(16)6-10/h5-7,9,14-16H,8H2,1-4H3. The minimum absolute atomic E-state index is 0.0967. The molecule has 0 aliphatic carbocycles. The number of hydrogen-bond acceptors (Lipinski definition) is 3. The van der Waals surface area contributed by atoms with Crippen LogP contribution in [0.4, 0.5) is 0 Å². The van der Waals surface area contributed by atoms with Crippen LogP contribution < -0.4 is 5.32 Å². The van der Waals surface area contributed by atoms with Crippen LogP contribution in [0.2, 0.25) is 0 Å². The number of phenols is 2. The molecule has 0 heterocycles. The molecule has 0 bridgehead atoms. The van der Waals surface area contributed by atoms with E-state index in [9.17, 15) is 10.2 Å². The predicted octanol–water partition coefficient (Wildman–Crippen LogP) is 2.79. The van der Waals surface area contributed by atoms with E-state index in [2.05, 4.69) is 26.1 Å². The first kappa shape index (κ1) is 12.8. The fraction of sp³-hybridized carbons (Fsp3) is 0.538. The maximum Gasteiger partial charge on any atom is 0.119 e. The van der Waals surface area contributed by atoms with Gasteiger partial charge < -0.3 is 15.5 Å². The highest BCUT2D eigenvalue weighted by molar-refractivity contribution is 5.37. The monoisotopic (exact) mass is 223 g/mol. The number of benzene rings is 1. The summed E-state index contributed by atoms with van der Waals surface area (Å²) in [6.45, 7) is 9.37. The van der Waals surface area contributed by atoms with Gasteiger partial charge in [0.2, 0.25) is 0 Å². The van der Waals surface area contributed by atoms with E-state index < -0.39 is 0 Å². The Labute approximate surface area is 97.1 Å². The quantitative estimate of drug-likeness (QED) is 0.738. The molecule has 16 heavy (non-hydrogen) atoms. The summed E-state index contributed by atoms with van der Waals surface area (Å²) < 4.78 is 0. The summed E-state index contributed by atoms with van der Waals surface area (Å²) in [6, 6.07) is 4.78. The van der Waals surface area contributed by atoms with Gasteiger partial charge in [-0.25, -0.2) is 0 Å². The van der Waals surface area contributed by atoms with Gasteiger partial charge in [-0.3, -0.25) is 0 Å². The van der Waals surface area contributed by atoms with Crippen molar-refractivity contribution in [3.63, 3.8) is 0 Å². The van der Waals surface area contributed by atoms with E-state index in [4.69, 9.17) is 0 Å². The minimum Gasteiger partial charge on any atom is -0.508 e. The van der Waals surface area contributed by atoms with E-state index in [1.165, 1.54) is 6.07 Å². The van der Waals surface area contributed by atoms with Gasteiger partial charge in [-0.05, 0) is 30.0 Å². The van der Waals surface area contributed by atoms with Crippen LogP contribution in [0, 0.1) is 5.41 Å². The Morgan fingerprint density at radius 1 is 1.12 bits per heavy atom. The van der Waals surface area contributed by atoms with Gasteiger partial charge in [0.05, 0.1) is 0 Å². The molecular weight excluding hydrogens is 202 g/mol. The van der Waals surface area contributed by atoms with E-state index in [0.29, 0.717) is 0 Å². The van der Waals surface area contributed by atoms with Gasteiger partial charge in [0.25, 0.3) is 0 Å². The molecule has 0 aliphatic rings. The summed E-state index contributed by atoms with van der Waals surface area (Å²) in [7, 11) is 0. The molecule has 0 spiro atoms. The third-order valence-corrected chi connectivity index (χ3v) is 2.36. The van der Waals surface area contributed by atoms with Gasteiger partial charge >= 0.3 is 0 Å². The molecule has 90 valence electrons. The Bertz CT molecular complexity index is 335. The van der Waals surface area contributed by atoms with Crippen LogP contribution in [0.25, 0.3) is 0 Å². The van der Waals surface area contributed by atoms with Crippen LogP contribution in [-0.4, -0.2) is 16.8 Å². The van der Waals surface area contributed by atoms with Crippen molar-refractivity contribution in [3.05, 3.63) is 23.8 Å².